The number of benzene rings is 5. The summed E-state index contributed by atoms with van der Waals surface area (Å²) in [6.07, 6.45) is 1.83. The lowest BCUT2D eigenvalue weighted by Crippen LogP contribution is -2.46. The monoisotopic (exact) mass is 585 g/mol. The lowest BCUT2D eigenvalue weighted by molar-refractivity contribution is 0.181. The number of fused-ring (bicyclic) bond motifs is 6. The molecule has 1 N–H and O–H groups in total. The fourth-order valence-electron chi connectivity index (χ4n) is 8.51. The number of hydrogen-bond acceptors (Lipinski definition) is 3. The van der Waals surface area contributed by atoms with Gasteiger partial charge in [0.1, 0.15) is 5.54 Å². The lowest BCUT2D eigenvalue weighted by atomic mass is 9.68. The number of nitrogens with one attached hydrogen (secondary N) is 1. The van der Waals surface area contributed by atoms with Crippen molar-refractivity contribution in [3.63, 3.8) is 0 Å². The zero-order chi connectivity index (χ0) is 32.8. The number of aromatic amines is 1. The maximum absolute atomic E-state index is 8.45. The Hall–Kier alpha value is -5.35. The second-order valence-electron chi connectivity index (χ2n) is 12.4. The van der Waals surface area contributed by atoms with Crippen LogP contribution in [0.25, 0.3) is 22.3 Å². The van der Waals surface area contributed by atoms with Crippen LogP contribution in [0.5, 0.6) is 0 Å². The van der Waals surface area contributed by atoms with Gasteiger partial charge in [0.25, 0.3) is 0 Å². The zero-order valence-electron chi connectivity index (χ0n) is 28.3. The molecule has 3 aliphatic rings. The second-order valence-corrected chi connectivity index (χ2v) is 12.4. The molecule has 0 unspecified atom stereocenters. The van der Waals surface area contributed by atoms with Gasteiger partial charge in [-0.15, -0.1) is 0 Å². The second kappa shape index (κ2) is 9.33. The third-order valence-electron chi connectivity index (χ3n) is 10.5. The number of allylic oxidation sites excluding steroid dienone is 2. The molecule has 0 amide bonds. The summed E-state index contributed by atoms with van der Waals surface area (Å²) in [6, 6.07) is 45.6. The van der Waals surface area contributed by atoms with Crippen molar-refractivity contribution >= 4 is 0 Å². The molecule has 6 aromatic rings. The molecule has 0 atom stereocenters. The highest BCUT2D eigenvalue weighted by Gasteiger charge is 2.53. The summed E-state index contributed by atoms with van der Waals surface area (Å²) in [5.74, 6) is 0. The van der Waals surface area contributed by atoms with E-state index in [2.05, 4.69) is 149 Å². The Bertz CT molecular complexity index is 2180. The van der Waals surface area contributed by atoms with Crippen molar-refractivity contribution in [3.8, 4) is 22.3 Å². The van der Waals surface area contributed by atoms with Crippen molar-refractivity contribution in [1.82, 2.24) is 20.0 Å². The number of aromatic nitrogens is 2. The Labute approximate surface area is 268 Å². The van der Waals surface area contributed by atoms with Gasteiger partial charge in [-0.1, -0.05) is 121 Å². The molecule has 0 saturated heterocycles. The van der Waals surface area contributed by atoms with Crippen molar-refractivity contribution in [2.24, 2.45) is 0 Å². The summed E-state index contributed by atoms with van der Waals surface area (Å²) in [6.45, 7) is 1.95. The predicted molar refractivity (Wildman–Crippen MR) is 180 cm³/mol. The standard InChI is InChI=1S/C41H34N4/c1-27-28(2)45(26-44(27)3)41(37-21-10-6-17-33(37)34-18-7-11-22-38(34)41)30-14-12-13-29(25-30)40(39-23-24-42-43-39)35-19-8-4-15-31(35)32-16-5-9-20-36(32)40/h4-25H,26H2,1-3H3,(H,42,43)/i3D3. The van der Waals surface area contributed by atoms with Crippen LogP contribution in [0.2, 0.25) is 0 Å². The first-order valence-corrected chi connectivity index (χ1v) is 15.5. The van der Waals surface area contributed by atoms with Gasteiger partial charge >= 0.3 is 0 Å². The van der Waals surface area contributed by atoms with Gasteiger partial charge in [-0.2, -0.15) is 5.10 Å². The third kappa shape index (κ3) is 3.19. The van der Waals surface area contributed by atoms with E-state index in [1.165, 1.54) is 22.3 Å². The molecule has 0 fully saturated rings. The fraction of sp³-hybridized carbons (Fsp3) is 0.146. The molecule has 0 saturated carbocycles. The van der Waals surface area contributed by atoms with E-state index in [1.807, 2.05) is 13.1 Å². The molecule has 218 valence electrons. The van der Waals surface area contributed by atoms with Crippen LogP contribution in [0.1, 0.15) is 57.0 Å². The molecule has 0 bridgehead atoms. The van der Waals surface area contributed by atoms with Gasteiger partial charge < -0.3 is 9.80 Å². The number of hydrogen-bond donors (Lipinski definition) is 1. The van der Waals surface area contributed by atoms with Crippen LogP contribution in [0.3, 0.4) is 0 Å². The summed E-state index contributed by atoms with van der Waals surface area (Å²) in [7, 11) is 0. The molecule has 1 aromatic heterocycles. The van der Waals surface area contributed by atoms with Crippen molar-refractivity contribution in [2.45, 2.75) is 24.8 Å². The maximum atomic E-state index is 8.45. The average molecular weight is 586 g/mol. The molecular weight excluding hydrogens is 548 g/mol. The molecule has 9 rings (SSSR count). The van der Waals surface area contributed by atoms with Gasteiger partial charge in [-0.25, -0.2) is 0 Å². The number of H-pyrrole nitrogens is 1. The van der Waals surface area contributed by atoms with Crippen LogP contribution in [0, 0.1) is 0 Å². The first-order valence-electron chi connectivity index (χ1n) is 17.0. The SMILES string of the molecule is [2H]C([2H])([2H])N1CN(C2(c3cccc(C4(c5ccn[nH]5)c5ccccc5-c5ccccc54)c3)c3ccccc3-c3ccccc32)C(C)=C1C. The largest absolute Gasteiger partial charge is 0.359 e. The highest BCUT2D eigenvalue weighted by molar-refractivity contribution is 5.87. The van der Waals surface area contributed by atoms with Crippen LogP contribution in [-0.4, -0.2) is 33.6 Å². The molecule has 45 heavy (non-hydrogen) atoms. The van der Waals surface area contributed by atoms with Crippen LogP contribution in [0.4, 0.5) is 0 Å². The van der Waals surface area contributed by atoms with Crippen molar-refractivity contribution in [1.29, 1.82) is 0 Å². The summed E-state index contributed by atoms with van der Waals surface area (Å²) in [5.41, 5.74) is 12.9. The lowest BCUT2D eigenvalue weighted by Gasteiger charge is -2.44. The Morgan fingerprint density at radius 3 is 1.69 bits per heavy atom. The van der Waals surface area contributed by atoms with Crippen LogP contribution >= 0.6 is 0 Å². The van der Waals surface area contributed by atoms with Crippen molar-refractivity contribution in [3.05, 3.63) is 184 Å². The molecule has 1 aliphatic heterocycles. The molecule has 2 aliphatic carbocycles. The van der Waals surface area contributed by atoms with Crippen LogP contribution in [-0.2, 0) is 11.0 Å². The van der Waals surface area contributed by atoms with Crippen molar-refractivity contribution < 1.29 is 4.11 Å². The minimum absolute atomic E-state index is 0.235. The molecule has 2 heterocycles. The quantitative estimate of drug-likeness (QED) is 0.225. The predicted octanol–water partition coefficient (Wildman–Crippen LogP) is 8.50. The minimum Gasteiger partial charge on any atom is -0.359 e. The van der Waals surface area contributed by atoms with Gasteiger partial charge in [-0.05, 0) is 75.5 Å². The van der Waals surface area contributed by atoms with Crippen LogP contribution in [0.15, 0.2) is 145 Å². The fourth-order valence-corrected chi connectivity index (χ4v) is 8.51. The highest BCUT2D eigenvalue weighted by atomic mass is 15.4. The van der Waals surface area contributed by atoms with E-state index in [-0.39, 0.29) is 6.67 Å². The van der Waals surface area contributed by atoms with E-state index < -0.39 is 17.9 Å². The number of rotatable bonds is 4. The van der Waals surface area contributed by atoms with Gasteiger partial charge in [0.05, 0.1) is 17.8 Å². The Morgan fingerprint density at radius 2 is 1.16 bits per heavy atom. The van der Waals surface area contributed by atoms with E-state index in [0.29, 0.717) is 0 Å². The van der Waals surface area contributed by atoms with E-state index in [1.54, 1.807) is 4.90 Å². The average Bonchev–Trinajstić information content (AvgIpc) is 3.88. The first-order chi connectivity index (χ1) is 23.3. The number of nitrogens with zero attached hydrogens (tertiary/aromatic N) is 3. The van der Waals surface area contributed by atoms with E-state index in [4.69, 9.17) is 4.11 Å². The molecule has 4 heteroatoms. The van der Waals surface area contributed by atoms with E-state index in [9.17, 15) is 0 Å². The van der Waals surface area contributed by atoms with E-state index in [0.717, 1.165) is 50.5 Å². The van der Waals surface area contributed by atoms with Crippen LogP contribution < -0.4 is 0 Å². The van der Waals surface area contributed by atoms with Crippen molar-refractivity contribution in [2.75, 3.05) is 13.6 Å². The Balaban J connectivity index is 1.38. The zero-order valence-corrected chi connectivity index (χ0v) is 25.3. The summed E-state index contributed by atoms with van der Waals surface area (Å²) in [5, 5.41) is 7.85. The Morgan fingerprint density at radius 1 is 0.622 bits per heavy atom. The molecule has 5 aromatic carbocycles. The normalized spacial score (nSPS) is 18.1. The smallest absolute Gasteiger partial charge is 0.119 e. The van der Waals surface area contributed by atoms with Gasteiger partial charge in [0.2, 0.25) is 0 Å². The maximum Gasteiger partial charge on any atom is 0.119 e. The third-order valence-corrected chi connectivity index (χ3v) is 10.5. The van der Waals surface area contributed by atoms with E-state index >= 15 is 0 Å². The Kier molecular flexibility index (Phi) is 4.78. The van der Waals surface area contributed by atoms with Gasteiger partial charge in [-0.3, -0.25) is 5.10 Å². The highest BCUT2D eigenvalue weighted by Crippen LogP contribution is 2.59. The summed E-state index contributed by atoms with van der Waals surface area (Å²) >= 11 is 0. The van der Waals surface area contributed by atoms with Gasteiger partial charge in [0, 0.05) is 28.7 Å². The summed E-state index contributed by atoms with van der Waals surface area (Å²) < 4.78 is 25.3. The molecular formula is C41H34N4. The minimum atomic E-state index is -2.28. The summed E-state index contributed by atoms with van der Waals surface area (Å²) in [4.78, 5) is 3.88. The molecule has 4 nitrogen and oxygen atoms in total. The first kappa shape index (κ1) is 23.1. The molecule has 0 spiro atoms. The van der Waals surface area contributed by atoms with Gasteiger partial charge in [0.15, 0.2) is 0 Å². The topological polar surface area (TPSA) is 35.2 Å². The molecule has 0 radical (unpaired) electrons.